The van der Waals surface area contributed by atoms with Crippen LogP contribution in [-0.4, -0.2) is 20.0 Å². The number of carbonyl (C=O) groups excluding carboxylic acids is 1. The van der Waals surface area contributed by atoms with Gasteiger partial charge in [0.05, 0.1) is 10.9 Å². The highest BCUT2D eigenvalue weighted by Gasteiger charge is 2.13. The minimum atomic E-state index is -0.479. The van der Waals surface area contributed by atoms with E-state index in [0.29, 0.717) is 5.69 Å². The first-order chi connectivity index (χ1) is 11.9. The van der Waals surface area contributed by atoms with E-state index in [9.17, 15) is 14.4 Å². The lowest BCUT2D eigenvalue weighted by atomic mass is 10.1. The molecule has 1 aromatic carbocycles. The molecule has 2 heterocycles. The van der Waals surface area contributed by atoms with Crippen molar-refractivity contribution in [3.63, 3.8) is 0 Å². The third-order valence-electron chi connectivity index (χ3n) is 4.18. The number of amides is 1. The largest absolute Gasteiger partial charge is 0.332 e. The minimum Gasteiger partial charge on any atom is -0.322 e. The third kappa shape index (κ3) is 2.96. The molecule has 1 N–H and O–H groups in total. The van der Waals surface area contributed by atoms with Crippen LogP contribution in [0.2, 0.25) is 0 Å². The number of pyridine rings is 1. The zero-order valence-corrected chi connectivity index (χ0v) is 14.2. The fourth-order valence-corrected chi connectivity index (χ4v) is 2.62. The Morgan fingerprint density at radius 2 is 1.80 bits per heavy atom. The summed E-state index contributed by atoms with van der Waals surface area (Å²) < 4.78 is 2.27. The molecule has 0 aliphatic heterocycles. The summed E-state index contributed by atoms with van der Waals surface area (Å²) in [6.45, 7) is 2.06. The number of hydrogen-bond acceptors (Lipinski definition) is 4. The Hall–Kier alpha value is -3.22. The Balaban J connectivity index is 1.99. The molecule has 0 saturated carbocycles. The van der Waals surface area contributed by atoms with Crippen molar-refractivity contribution in [1.29, 1.82) is 0 Å². The predicted octanol–water partition coefficient (Wildman–Crippen LogP) is 1.45. The molecule has 0 atom stereocenters. The Morgan fingerprint density at radius 3 is 2.44 bits per heavy atom. The Morgan fingerprint density at radius 1 is 1.12 bits per heavy atom. The topological polar surface area (TPSA) is 86.0 Å². The maximum Gasteiger partial charge on any atom is 0.332 e. The number of hydrogen-bond donors (Lipinski definition) is 1. The highest BCUT2D eigenvalue weighted by Crippen LogP contribution is 2.13. The van der Waals surface area contributed by atoms with Gasteiger partial charge in [-0.1, -0.05) is 19.1 Å². The summed E-state index contributed by atoms with van der Waals surface area (Å²) in [6, 6.07) is 9.00. The van der Waals surface area contributed by atoms with Crippen LogP contribution in [0.3, 0.4) is 0 Å². The van der Waals surface area contributed by atoms with Crippen LogP contribution in [0, 0.1) is 0 Å². The van der Waals surface area contributed by atoms with E-state index >= 15 is 0 Å². The number of nitrogens with one attached hydrogen (secondary N) is 1. The maximum absolute atomic E-state index is 12.4. The van der Waals surface area contributed by atoms with Crippen LogP contribution in [0.5, 0.6) is 0 Å². The molecule has 0 radical (unpaired) electrons. The summed E-state index contributed by atoms with van der Waals surface area (Å²) in [5.74, 6) is -0.366. The fraction of sp³-hybridized carbons (Fsp3) is 0.222. The summed E-state index contributed by atoms with van der Waals surface area (Å²) in [4.78, 5) is 40.8. The molecule has 1 amide bonds. The molecule has 0 aliphatic rings. The summed E-state index contributed by atoms with van der Waals surface area (Å²) in [5, 5.41) is 3.00. The van der Waals surface area contributed by atoms with Crippen molar-refractivity contribution in [3.8, 4) is 0 Å². The Labute approximate surface area is 143 Å². The highest BCUT2D eigenvalue weighted by molar-refractivity contribution is 6.05. The number of benzene rings is 1. The number of rotatable bonds is 3. The van der Waals surface area contributed by atoms with Gasteiger partial charge in [-0.15, -0.1) is 0 Å². The highest BCUT2D eigenvalue weighted by atomic mass is 16.2. The van der Waals surface area contributed by atoms with Gasteiger partial charge in [0.15, 0.2) is 0 Å². The van der Waals surface area contributed by atoms with Gasteiger partial charge in [-0.25, -0.2) is 9.78 Å². The van der Waals surface area contributed by atoms with Crippen molar-refractivity contribution in [2.45, 2.75) is 13.3 Å². The van der Waals surface area contributed by atoms with Crippen molar-refractivity contribution >= 4 is 22.6 Å². The molecule has 0 fully saturated rings. The molecule has 0 spiro atoms. The van der Waals surface area contributed by atoms with Crippen LogP contribution in [0.4, 0.5) is 5.69 Å². The lowest BCUT2D eigenvalue weighted by molar-refractivity contribution is 0.102. The van der Waals surface area contributed by atoms with E-state index in [1.165, 1.54) is 36.5 Å². The van der Waals surface area contributed by atoms with Gasteiger partial charge in [0, 0.05) is 26.0 Å². The first-order valence-corrected chi connectivity index (χ1v) is 7.88. The number of aromatic nitrogens is 3. The van der Waals surface area contributed by atoms with Gasteiger partial charge < -0.3 is 5.32 Å². The van der Waals surface area contributed by atoms with Crippen molar-refractivity contribution in [3.05, 3.63) is 68.5 Å². The van der Waals surface area contributed by atoms with E-state index < -0.39 is 11.2 Å². The molecular weight excluding hydrogens is 320 g/mol. The average Bonchev–Trinajstić information content (AvgIpc) is 2.64. The second kappa shape index (κ2) is 6.35. The summed E-state index contributed by atoms with van der Waals surface area (Å²) >= 11 is 0. The molecule has 0 aliphatic carbocycles. The van der Waals surface area contributed by atoms with Gasteiger partial charge in [0.25, 0.3) is 11.5 Å². The van der Waals surface area contributed by atoms with Gasteiger partial charge in [0.2, 0.25) is 0 Å². The molecule has 2 aromatic heterocycles. The smallest absolute Gasteiger partial charge is 0.322 e. The number of anilines is 1. The molecule has 0 unspecified atom stereocenters. The quantitative estimate of drug-likeness (QED) is 0.783. The number of nitrogens with zero attached hydrogens (tertiary/aromatic N) is 3. The summed E-state index contributed by atoms with van der Waals surface area (Å²) in [5.41, 5.74) is 1.40. The van der Waals surface area contributed by atoms with Crippen LogP contribution in [0.1, 0.15) is 22.8 Å². The van der Waals surface area contributed by atoms with E-state index in [4.69, 9.17) is 0 Å². The third-order valence-corrected chi connectivity index (χ3v) is 4.18. The zero-order chi connectivity index (χ0) is 18.1. The van der Waals surface area contributed by atoms with Crippen molar-refractivity contribution in [2.24, 2.45) is 14.1 Å². The van der Waals surface area contributed by atoms with Crippen LogP contribution < -0.4 is 16.6 Å². The molecule has 7 nitrogen and oxygen atoms in total. The first kappa shape index (κ1) is 16.6. The zero-order valence-electron chi connectivity index (χ0n) is 14.2. The van der Waals surface area contributed by atoms with Crippen molar-refractivity contribution < 1.29 is 4.79 Å². The summed E-state index contributed by atoms with van der Waals surface area (Å²) in [6.07, 6.45) is 2.28. The van der Waals surface area contributed by atoms with Crippen LogP contribution in [0.25, 0.3) is 11.0 Å². The van der Waals surface area contributed by atoms with E-state index in [-0.39, 0.29) is 22.5 Å². The Bertz CT molecular complexity index is 1080. The Kier molecular flexibility index (Phi) is 4.22. The van der Waals surface area contributed by atoms with Crippen LogP contribution >= 0.6 is 0 Å². The van der Waals surface area contributed by atoms with Crippen molar-refractivity contribution in [1.82, 2.24) is 14.1 Å². The number of aryl methyl sites for hydroxylation is 2. The van der Waals surface area contributed by atoms with Crippen LogP contribution in [0.15, 0.2) is 46.1 Å². The van der Waals surface area contributed by atoms with Gasteiger partial charge >= 0.3 is 5.69 Å². The second-order valence-electron chi connectivity index (χ2n) is 5.81. The molecule has 0 saturated heterocycles. The monoisotopic (exact) mass is 338 g/mol. The number of fused-ring (bicyclic) bond motifs is 1. The molecule has 7 heteroatoms. The first-order valence-electron chi connectivity index (χ1n) is 7.88. The standard InChI is InChI=1S/C18H18N4O3/c1-4-11-5-7-13(8-6-11)20-16(23)12-9-14-15(19-10-12)21(2)18(25)22(3)17(14)24/h5-10H,4H2,1-3H3,(H,20,23). The van der Waals surface area contributed by atoms with Gasteiger partial charge in [0.1, 0.15) is 5.65 Å². The lowest BCUT2D eigenvalue weighted by Crippen LogP contribution is -2.37. The average molecular weight is 338 g/mol. The molecule has 25 heavy (non-hydrogen) atoms. The summed E-state index contributed by atoms with van der Waals surface area (Å²) in [7, 11) is 2.93. The molecule has 3 rings (SSSR count). The molecule has 0 bridgehead atoms. The van der Waals surface area contributed by atoms with E-state index in [1.54, 1.807) is 0 Å². The molecular formula is C18H18N4O3. The van der Waals surface area contributed by atoms with Gasteiger partial charge in [-0.05, 0) is 30.2 Å². The minimum absolute atomic E-state index is 0.221. The van der Waals surface area contributed by atoms with E-state index in [2.05, 4.69) is 17.2 Å². The van der Waals surface area contributed by atoms with Crippen molar-refractivity contribution in [2.75, 3.05) is 5.32 Å². The fourth-order valence-electron chi connectivity index (χ4n) is 2.62. The van der Waals surface area contributed by atoms with Gasteiger partial charge in [-0.3, -0.25) is 18.7 Å². The molecule has 3 aromatic rings. The number of carbonyl (C=O) groups is 1. The van der Waals surface area contributed by atoms with E-state index in [0.717, 1.165) is 11.0 Å². The predicted molar refractivity (Wildman–Crippen MR) is 96.0 cm³/mol. The van der Waals surface area contributed by atoms with E-state index in [1.807, 2.05) is 24.3 Å². The van der Waals surface area contributed by atoms with Gasteiger partial charge in [-0.2, -0.15) is 0 Å². The maximum atomic E-state index is 12.4. The van der Waals surface area contributed by atoms with Crippen LogP contribution in [-0.2, 0) is 20.5 Å². The second-order valence-corrected chi connectivity index (χ2v) is 5.81. The normalized spacial score (nSPS) is 10.8. The molecule has 128 valence electrons. The SMILES string of the molecule is CCc1ccc(NC(=O)c2cnc3c(c2)c(=O)n(C)c(=O)n3C)cc1. The lowest BCUT2D eigenvalue weighted by Gasteiger charge is -2.09.